The Bertz CT molecular complexity index is 380. The fourth-order valence-electron chi connectivity index (χ4n) is 2.96. The summed E-state index contributed by atoms with van der Waals surface area (Å²) < 4.78 is 5.37. The van der Waals surface area contributed by atoms with Gasteiger partial charge in [-0.1, -0.05) is 13.8 Å². The summed E-state index contributed by atoms with van der Waals surface area (Å²) in [6.07, 6.45) is 1.50. The van der Waals surface area contributed by atoms with Crippen LogP contribution in [0.5, 0.6) is 0 Å². The molecule has 0 radical (unpaired) electrons. The molecule has 0 aromatic rings. The molecule has 1 amide bonds. The molecule has 1 saturated heterocycles. The first-order valence-electron chi connectivity index (χ1n) is 7.81. The van der Waals surface area contributed by atoms with E-state index in [1.807, 2.05) is 0 Å². The van der Waals surface area contributed by atoms with E-state index in [0.29, 0.717) is 24.9 Å². The molecule has 2 N–H and O–H groups in total. The van der Waals surface area contributed by atoms with E-state index in [1.54, 1.807) is 0 Å². The van der Waals surface area contributed by atoms with Gasteiger partial charge in [0.25, 0.3) is 0 Å². The topological polar surface area (TPSA) is 78.9 Å². The summed E-state index contributed by atoms with van der Waals surface area (Å²) >= 11 is 0. The number of carbonyl (C=O) groups excluding carboxylic acids is 1. The highest BCUT2D eigenvalue weighted by Crippen LogP contribution is 2.38. The second kappa shape index (κ2) is 7.22. The van der Waals surface area contributed by atoms with Crippen LogP contribution in [0.3, 0.4) is 0 Å². The van der Waals surface area contributed by atoms with Gasteiger partial charge in [-0.05, 0) is 18.8 Å². The molecule has 0 bridgehead atoms. The lowest BCUT2D eigenvalue weighted by atomic mass is 10.0. The number of amides is 1. The summed E-state index contributed by atoms with van der Waals surface area (Å²) in [5.41, 5.74) is 0. The smallest absolute Gasteiger partial charge is 0.307 e. The molecule has 1 aliphatic heterocycles. The van der Waals surface area contributed by atoms with Crippen molar-refractivity contribution >= 4 is 11.9 Å². The second-order valence-electron chi connectivity index (χ2n) is 6.46. The lowest BCUT2D eigenvalue weighted by Gasteiger charge is -2.35. The summed E-state index contributed by atoms with van der Waals surface area (Å²) in [5, 5.41) is 11.8. The number of carboxylic acid groups (broad SMARTS) is 1. The van der Waals surface area contributed by atoms with Gasteiger partial charge in [0.05, 0.1) is 25.0 Å². The quantitative estimate of drug-likeness (QED) is 0.718. The van der Waals surface area contributed by atoms with Gasteiger partial charge in [-0.25, -0.2) is 0 Å². The summed E-state index contributed by atoms with van der Waals surface area (Å²) in [5.74, 6) is -1.21. The molecule has 0 aromatic heterocycles. The summed E-state index contributed by atoms with van der Waals surface area (Å²) in [7, 11) is 0. The molecule has 1 unspecified atom stereocenters. The molecule has 1 heterocycles. The average molecular weight is 298 g/mol. The van der Waals surface area contributed by atoms with Crippen molar-refractivity contribution in [1.82, 2.24) is 10.2 Å². The molecule has 6 heteroatoms. The van der Waals surface area contributed by atoms with Crippen molar-refractivity contribution in [2.75, 3.05) is 32.8 Å². The summed E-state index contributed by atoms with van der Waals surface area (Å²) in [4.78, 5) is 25.1. The number of rotatable bonds is 7. The third-order valence-corrected chi connectivity index (χ3v) is 4.26. The van der Waals surface area contributed by atoms with E-state index < -0.39 is 11.9 Å². The first-order valence-corrected chi connectivity index (χ1v) is 7.81. The highest BCUT2D eigenvalue weighted by Gasteiger charge is 2.48. The van der Waals surface area contributed by atoms with Gasteiger partial charge in [0.15, 0.2) is 0 Å². The van der Waals surface area contributed by atoms with E-state index >= 15 is 0 Å². The molecule has 120 valence electrons. The molecule has 2 rings (SSSR count). The van der Waals surface area contributed by atoms with E-state index in [-0.39, 0.29) is 11.8 Å². The van der Waals surface area contributed by atoms with E-state index in [4.69, 9.17) is 9.84 Å². The fourth-order valence-corrected chi connectivity index (χ4v) is 2.96. The lowest BCUT2D eigenvalue weighted by molar-refractivity contribution is -0.140. The Kier molecular flexibility index (Phi) is 5.58. The highest BCUT2D eigenvalue weighted by atomic mass is 16.5. The number of carboxylic acids is 1. The van der Waals surface area contributed by atoms with Crippen molar-refractivity contribution in [2.24, 2.45) is 17.8 Å². The number of aliphatic carboxylic acids is 1. The number of nitrogens with one attached hydrogen (secondary N) is 1. The number of hydrogen-bond donors (Lipinski definition) is 2. The normalized spacial score (nSPS) is 27.4. The second-order valence-corrected chi connectivity index (χ2v) is 6.46. The van der Waals surface area contributed by atoms with Crippen molar-refractivity contribution in [1.29, 1.82) is 0 Å². The minimum atomic E-state index is -0.859. The van der Waals surface area contributed by atoms with Gasteiger partial charge < -0.3 is 15.2 Å². The van der Waals surface area contributed by atoms with Crippen LogP contribution in [0, 0.1) is 17.8 Å². The highest BCUT2D eigenvalue weighted by molar-refractivity contribution is 5.89. The third-order valence-electron chi connectivity index (χ3n) is 4.26. The molecule has 21 heavy (non-hydrogen) atoms. The Balaban J connectivity index is 1.81. The molecular formula is C15H26N2O4. The monoisotopic (exact) mass is 298 g/mol. The standard InChI is InChI=1S/C15H26N2O4/c1-10(2)7-11(17-3-5-21-6-4-17)9-16-14(18)12-8-13(12)15(19)20/h10-13H,3-9H2,1-2H3,(H,16,18)(H,19,20)/t11?,12-,13+/m1/s1. The molecule has 6 nitrogen and oxygen atoms in total. The summed E-state index contributed by atoms with van der Waals surface area (Å²) in [6, 6.07) is 0.305. The number of ether oxygens (including phenoxy) is 1. The van der Waals surface area contributed by atoms with E-state index in [1.165, 1.54) is 0 Å². The van der Waals surface area contributed by atoms with Crippen molar-refractivity contribution in [3.63, 3.8) is 0 Å². The molecule has 2 fully saturated rings. The molecule has 0 aromatic carbocycles. The van der Waals surface area contributed by atoms with Crippen LogP contribution in [0.15, 0.2) is 0 Å². The van der Waals surface area contributed by atoms with E-state index in [9.17, 15) is 9.59 Å². The van der Waals surface area contributed by atoms with Crippen LogP contribution in [0.4, 0.5) is 0 Å². The SMILES string of the molecule is CC(C)CC(CNC(=O)[C@@H]1C[C@@H]1C(=O)O)N1CCOCC1. The van der Waals surface area contributed by atoms with Crippen LogP contribution in [0.2, 0.25) is 0 Å². The Hall–Kier alpha value is -1.14. The zero-order valence-electron chi connectivity index (χ0n) is 12.9. The van der Waals surface area contributed by atoms with Crippen molar-refractivity contribution in [2.45, 2.75) is 32.7 Å². The van der Waals surface area contributed by atoms with Crippen molar-refractivity contribution < 1.29 is 19.4 Å². The predicted octanol–water partition coefficient (Wildman–Crippen LogP) is 0.570. The summed E-state index contributed by atoms with van der Waals surface area (Å²) in [6.45, 7) is 8.23. The fraction of sp³-hybridized carbons (Fsp3) is 0.867. The zero-order chi connectivity index (χ0) is 15.4. The van der Waals surface area contributed by atoms with Crippen molar-refractivity contribution in [3.05, 3.63) is 0 Å². The largest absolute Gasteiger partial charge is 0.481 e. The van der Waals surface area contributed by atoms with Gasteiger partial charge in [-0.3, -0.25) is 14.5 Å². The maximum atomic E-state index is 12.0. The van der Waals surface area contributed by atoms with Gasteiger partial charge in [-0.15, -0.1) is 0 Å². The van der Waals surface area contributed by atoms with Gasteiger partial charge >= 0.3 is 5.97 Å². The molecule has 1 aliphatic carbocycles. The number of nitrogens with zero attached hydrogens (tertiary/aromatic N) is 1. The lowest BCUT2D eigenvalue weighted by Crippen LogP contribution is -2.49. The molecule has 2 aliphatic rings. The van der Waals surface area contributed by atoms with Gasteiger partial charge in [0.1, 0.15) is 0 Å². The van der Waals surface area contributed by atoms with Crippen LogP contribution in [0.25, 0.3) is 0 Å². The Morgan fingerprint density at radius 2 is 1.95 bits per heavy atom. The molecule has 1 saturated carbocycles. The maximum absolute atomic E-state index is 12.0. The molecular weight excluding hydrogens is 272 g/mol. The van der Waals surface area contributed by atoms with Crippen LogP contribution in [-0.2, 0) is 14.3 Å². The van der Waals surface area contributed by atoms with Crippen molar-refractivity contribution in [3.8, 4) is 0 Å². The number of morpholine rings is 1. The van der Waals surface area contributed by atoms with Crippen LogP contribution >= 0.6 is 0 Å². The minimum absolute atomic E-state index is 0.107. The van der Waals surface area contributed by atoms with Gasteiger partial charge in [-0.2, -0.15) is 0 Å². The third kappa shape index (κ3) is 4.68. The first kappa shape index (κ1) is 16.2. The maximum Gasteiger partial charge on any atom is 0.307 e. The van der Waals surface area contributed by atoms with E-state index in [2.05, 4.69) is 24.1 Å². The van der Waals surface area contributed by atoms with Crippen LogP contribution in [-0.4, -0.2) is 60.8 Å². The zero-order valence-corrected chi connectivity index (χ0v) is 12.9. The van der Waals surface area contributed by atoms with E-state index in [0.717, 1.165) is 32.7 Å². The number of hydrogen-bond acceptors (Lipinski definition) is 4. The number of carbonyl (C=O) groups is 2. The average Bonchev–Trinajstić information content (AvgIpc) is 3.24. The minimum Gasteiger partial charge on any atom is -0.481 e. The van der Waals surface area contributed by atoms with Crippen LogP contribution in [0.1, 0.15) is 26.7 Å². The Morgan fingerprint density at radius 3 is 2.48 bits per heavy atom. The van der Waals surface area contributed by atoms with Crippen LogP contribution < -0.4 is 5.32 Å². The molecule has 3 atom stereocenters. The first-order chi connectivity index (χ1) is 9.99. The Labute approximate surface area is 125 Å². The van der Waals surface area contributed by atoms with Gasteiger partial charge in [0, 0.05) is 25.7 Å². The Morgan fingerprint density at radius 1 is 1.29 bits per heavy atom. The predicted molar refractivity (Wildman–Crippen MR) is 77.9 cm³/mol. The van der Waals surface area contributed by atoms with Gasteiger partial charge in [0.2, 0.25) is 5.91 Å². The molecule has 0 spiro atoms.